The number of ether oxygens (including phenoxy) is 2. The molecule has 1 aliphatic rings. The van der Waals surface area contributed by atoms with Crippen molar-refractivity contribution in [2.24, 2.45) is 0 Å². The molecule has 0 bridgehead atoms. The van der Waals surface area contributed by atoms with Crippen LogP contribution in [0.1, 0.15) is 11.1 Å². The lowest BCUT2D eigenvalue weighted by molar-refractivity contribution is 0.174. The van der Waals surface area contributed by atoms with Crippen molar-refractivity contribution >= 4 is 12.6 Å². The second-order valence-corrected chi connectivity index (χ2v) is 4.30. The molecule has 0 radical (unpaired) electrons. The summed E-state index contributed by atoms with van der Waals surface area (Å²) >= 11 is 4.16. The number of hydrogen-bond donors (Lipinski definition) is 2. The van der Waals surface area contributed by atoms with Crippen molar-refractivity contribution in [2.45, 2.75) is 13.3 Å². The second-order valence-electron chi connectivity index (χ2n) is 3.86. The van der Waals surface area contributed by atoms with Gasteiger partial charge in [-0.15, -0.1) is 0 Å². The molecule has 0 saturated carbocycles. The molecule has 1 aliphatic heterocycles. The topological polar surface area (TPSA) is 30.5 Å². The molecule has 3 nitrogen and oxygen atoms in total. The number of aryl methyl sites for hydroxylation is 1. The molecular weight excluding hydrogens is 222 g/mol. The van der Waals surface area contributed by atoms with E-state index in [1.807, 2.05) is 0 Å². The Balaban J connectivity index is 1.98. The lowest BCUT2D eigenvalue weighted by atomic mass is 10.0. The van der Waals surface area contributed by atoms with Gasteiger partial charge in [0, 0.05) is 12.3 Å². The van der Waals surface area contributed by atoms with E-state index in [0.717, 1.165) is 36.8 Å². The molecule has 0 fully saturated rings. The van der Waals surface area contributed by atoms with Crippen molar-refractivity contribution in [3.63, 3.8) is 0 Å². The van der Waals surface area contributed by atoms with E-state index in [1.54, 1.807) is 0 Å². The van der Waals surface area contributed by atoms with Crippen molar-refractivity contribution in [3.8, 4) is 11.5 Å². The van der Waals surface area contributed by atoms with E-state index in [4.69, 9.17) is 9.47 Å². The van der Waals surface area contributed by atoms with E-state index in [-0.39, 0.29) is 0 Å². The SMILES string of the molecule is Cc1cc2c(cc1CCNCCS)OCO2. The largest absolute Gasteiger partial charge is 0.454 e. The summed E-state index contributed by atoms with van der Waals surface area (Å²) in [7, 11) is 0. The van der Waals surface area contributed by atoms with Crippen molar-refractivity contribution in [3.05, 3.63) is 23.3 Å². The monoisotopic (exact) mass is 239 g/mol. The zero-order valence-corrected chi connectivity index (χ0v) is 10.3. The highest BCUT2D eigenvalue weighted by Gasteiger charge is 2.15. The normalized spacial score (nSPS) is 13.1. The third-order valence-electron chi connectivity index (χ3n) is 2.69. The summed E-state index contributed by atoms with van der Waals surface area (Å²) in [6.07, 6.45) is 1.01. The fourth-order valence-electron chi connectivity index (χ4n) is 1.78. The van der Waals surface area contributed by atoms with Gasteiger partial charge >= 0.3 is 0 Å². The van der Waals surface area contributed by atoms with Gasteiger partial charge in [-0.05, 0) is 43.1 Å². The van der Waals surface area contributed by atoms with Gasteiger partial charge in [0.1, 0.15) is 0 Å². The van der Waals surface area contributed by atoms with Gasteiger partial charge in [-0.25, -0.2) is 0 Å². The molecule has 1 aromatic rings. The fraction of sp³-hybridized carbons (Fsp3) is 0.500. The number of benzene rings is 1. The Bertz CT molecular complexity index is 368. The fourth-order valence-corrected chi connectivity index (χ4v) is 1.94. The maximum Gasteiger partial charge on any atom is 0.231 e. The third-order valence-corrected chi connectivity index (χ3v) is 2.91. The second kappa shape index (κ2) is 5.46. The molecule has 0 unspecified atom stereocenters. The van der Waals surface area contributed by atoms with Crippen molar-refractivity contribution in [2.75, 3.05) is 25.6 Å². The number of rotatable bonds is 5. The van der Waals surface area contributed by atoms with Crippen LogP contribution in [0, 0.1) is 6.92 Å². The maximum atomic E-state index is 5.37. The van der Waals surface area contributed by atoms with Crippen LogP contribution in [0.15, 0.2) is 12.1 Å². The molecule has 0 aromatic heterocycles. The van der Waals surface area contributed by atoms with Gasteiger partial charge in [-0.3, -0.25) is 0 Å². The highest BCUT2D eigenvalue weighted by atomic mass is 32.1. The van der Waals surface area contributed by atoms with Crippen LogP contribution in [-0.4, -0.2) is 25.6 Å². The Hall–Kier alpha value is -0.870. The van der Waals surface area contributed by atoms with Gasteiger partial charge in [0.15, 0.2) is 11.5 Å². The Kier molecular flexibility index (Phi) is 3.96. The number of nitrogens with one attached hydrogen (secondary N) is 1. The van der Waals surface area contributed by atoms with Crippen molar-refractivity contribution in [1.82, 2.24) is 5.32 Å². The number of fused-ring (bicyclic) bond motifs is 1. The quantitative estimate of drug-likeness (QED) is 0.606. The van der Waals surface area contributed by atoms with Crippen LogP contribution in [0.2, 0.25) is 0 Å². The molecule has 0 amide bonds. The zero-order valence-electron chi connectivity index (χ0n) is 9.45. The van der Waals surface area contributed by atoms with Crippen LogP contribution in [0.5, 0.6) is 11.5 Å². The minimum atomic E-state index is 0.343. The predicted molar refractivity (Wildman–Crippen MR) is 67.7 cm³/mol. The van der Waals surface area contributed by atoms with Crippen molar-refractivity contribution in [1.29, 1.82) is 0 Å². The Morgan fingerprint density at radius 1 is 1.25 bits per heavy atom. The minimum absolute atomic E-state index is 0.343. The van der Waals surface area contributed by atoms with Gasteiger partial charge in [0.25, 0.3) is 0 Å². The van der Waals surface area contributed by atoms with Gasteiger partial charge in [-0.2, -0.15) is 12.6 Å². The summed E-state index contributed by atoms with van der Waals surface area (Å²) in [5.41, 5.74) is 2.58. The van der Waals surface area contributed by atoms with Crippen LogP contribution in [-0.2, 0) is 6.42 Å². The Morgan fingerprint density at radius 2 is 2.00 bits per heavy atom. The van der Waals surface area contributed by atoms with Gasteiger partial charge < -0.3 is 14.8 Å². The molecule has 0 atom stereocenters. The number of hydrogen-bond acceptors (Lipinski definition) is 4. The van der Waals surface area contributed by atoms with Crippen LogP contribution < -0.4 is 14.8 Å². The average Bonchev–Trinajstić information content (AvgIpc) is 2.71. The molecule has 0 aliphatic carbocycles. The standard InChI is InChI=1S/C12H17NO2S/c1-9-6-11-12(15-8-14-11)7-10(9)2-3-13-4-5-16/h6-7,13,16H,2-5,8H2,1H3. The zero-order chi connectivity index (χ0) is 11.4. The van der Waals surface area contributed by atoms with E-state index in [9.17, 15) is 0 Å². The van der Waals surface area contributed by atoms with E-state index in [0.29, 0.717) is 6.79 Å². The molecule has 4 heteroatoms. The lowest BCUT2D eigenvalue weighted by Crippen LogP contribution is -2.19. The summed E-state index contributed by atoms with van der Waals surface area (Å²) in [5.74, 6) is 2.61. The summed E-state index contributed by atoms with van der Waals surface area (Å²) in [6.45, 7) is 4.37. The average molecular weight is 239 g/mol. The molecule has 16 heavy (non-hydrogen) atoms. The smallest absolute Gasteiger partial charge is 0.231 e. The summed E-state index contributed by atoms with van der Waals surface area (Å²) < 4.78 is 10.7. The number of thiol groups is 1. The first kappa shape index (κ1) is 11.6. The maximum absolute atomic E-state index is 5.37. The summed E-state index contributed by atoms with van der Waals surface area (Å²) in [5, 5.41) is 3.33. The molecule has 0 spiro atoms. The predicted octanol–water partition coefficient (Wildman–Crippen LogP) is 1.79. The molecule has 88 valence electrons. The highest BCUT2D eigenvalue weighted by Crippen LogP contribution is 2.34. The highest BCUT2D eigenvalue weighted by molar-refractivity contribution is 7.80. The van der Waals surface area contributed by atoms with E-state index < -0.39 is 0 Å². The minimum Gasteiger partial charge on any atom is -0.454 e. The van der Waals surface area contributed by atoms with Gasteiger partial charge in [0.05, 0.1) is 0 Å². The van der Waals surface area contributed by atoms with Crippen LogP contribution >= 0.6 is 12.6 Å². The molecule has 1 N–H and O–H groups in total. The first-order valence-corrected chi connectivity index (χ1v) is 6.15. The lowest BCUT2D eigenvalue weighted by Gasteiger charge is -2.08. The van der Waals surface area contributed by atoms with E-state index in [2.05, 4.69) is 37.0 Å². The van der Waals surface area contributed by atoms with Crippen LogP contribution in [0.4, 0.5) is 0 Å². The molecular formula is C12H17NO2S. The van der Waals surface area contributed by atoms with E-state index >= 15 is 0 Å². The third kappa shape index (κ3) is 2.62. The van der Waals surface area contributed by atoms with Gasteiger partial charge in [0.2, 0.25) is 6.79 Å². The molecule has 1 heterocycles. The van der Waals surface area contributed by atoms with Crippen LogP contribution in [0.25, 0.3) is 0 Å². The van der Waals surface area contributed by atoms with E-state index in [1.165, 1.54) is 11.1 Å². The van der Waals surface area contributed by atoms with Crippen LogP contribution in [0.3, 0.4) is 0 Å². The first-order valence-electron chi connectivity index (χ1n) is 5.52. The molecule has 1 aromatic carbocycles. The molecule has 0 saturated heterocycles. The van der Waals surface area contributed by atoms with Gasteiger partial charge in [-0.1, -0.05) is 0 Å². The Morgan fingerprint density at radius 3 is 2.75 bits per heavy atom. The molecule has 2 rings (SSSR count). The van der Waals surface area contributed by atoms with Crippen molar-refractivity contribution < 1.29 is 9.47 Å². The first-order chi connectivity index (χ1) is 7.81. The summed E-state index contributed by atoms with van der Waals surface area (Å²) in [4.78, 5) is 0. The summed E-state index contributed by atoms with van der Waals surface area (Å²) in [6, 6.07) is 4.14. The Labute approximate surface area is 102 Å².